The van der Waals surface area contributed by atoms with Gasteiger partial charge in [0.05, 0.1) is 13.0 Å². The SMILES string of the molecule is Cl.Cn1c(=O)n(CC(=O)c2ccccc2)c(=O)c2c1nc(N1CCC3CNCC31)n2CCC(F)(F)F. The Kier molecular flexibility index (Phi) is 7.02. The number of carbonyl (C=O) groups excluding carboxylic acids is 1. The fourth-order valence-electron chi connectivity index (χ4n) is 5.13. The lowest BCUT2D eigenvalue weighted by molar-refractivity contribution is -0.136. The molecule has 0 bridgehead atoms. The maximum Gasteiger partial charge on any atom is 0.390 e. The summed E-state index contributed by atoms with van der Waals surface area (Å²) in [6, 6.07) is 8.25. The van der Waals surface area contributed by atoms with E-state index in [1.54, 1.807) is 30.3 Å². The van der Waals surface area contributed by atoms with Gasteiger partial charge in [0.2, 0.25) is 5.95 Å². The van der Waals surface area contributed by atoms with Crippen molar-refractivity contribution in [2.75, 3.05) is 24.5 Å². The van der Waals surface area contributed by atoms with Crippen LogP contribution in [-0.4, -0.2) is 56.3 Å². The van der Waals surface area contributed by atoms with E-state index in [9.17, 15) is 27.6 Å². The number of benzene rings is 1. The highest BCUT2D eigenvalue weighted by atomic mass is 35.5. The van der Waals surface area contributed by atoms with Crippen molar-refractivity contribution in [3.63, 3.8) is 0 Å². The van der Waals surface area contributed by atoms with Crippen molar-refractivity contribution in [1.82, 2.24) is 24.0 Å². The van der Waals surface area contributed by atoms with Crippen LogP contribution in [0.25, 0.3) is 11.2 Å². The van der Waals surface area contributed by atoms with Crippen molar-refractivity contribution in [1.29, 1.82) is 0 Å². The molecule has 2 aromatic heterocycles. The van der Waals surface area contributed by atoms with Crippen molar-refractivity contribution < 1.29 is 18.0 Å². The molecule has 2 fully saturated rings. The Balaban J connectivity index is 0.00000304. The Morgan fingerprint density at radius 2 is 1.86 bits per heavy atom. The topological polar surface area (TPSA) is 94.2 Å². The smallest absolute Gasteiger partial charge is 0.338 e. The first kappa shape index (κ1) is 26.0. The Labute approximate surface area is 209 Å². The first-order valence-electron chi connectivity index (χ1n) is 11.5. The van der Waals surface area contributed by atoms with Gasteiger partial charge in [-0.3, -0.25) is 18.7 Å². The molecule has 2 aliphatic heterocycles. The summed E-state index contributed by atoms with van der Waals surface area (Å²) < 4.78 is 42.8. The second-order valence-electron chi connectivity index (χ2n) is 9.09. The van der Waals surface area contributed by atoms with Crippen molar-refractivity contribution in [2.45, 2.75) is 38.1 Å². The van der Waals surface area contributed by atoms with Gasteiger partial charge in [0, 0.05) is 44.8 Å². The highest BCUT2D eigenvalue weighted by Crippen LogP contribution is 2.33. The monoisotopic (exact) mass is 526 g/mol. The lowest BCUT2D eigenvalue weighted by Gasteiger charge is -2.25. The summed E-state index contributed by atoms with van der Waals surface area (Å²) in [7, 11) is 1.41. The van der Waals surface area contributed by atoms with Crippen molar-refractivity contribution >= 4 is 35.3 Å². The molecular formula is C23H26ClF3N6O3. The van der Waals surface area contributed by atoms with Crippen LogP contribution >= 0.6 is 12.4 Å². The number of hydrogen-bond acceptors (Lipinski definition) is 6. The van der Waals surface area contributed by atoms with E-state index < -0.39 is 42.7 Å². The number of nitrogens with one attached hydrogen (secondary N) is 1. The average Bonchev–Trinajstić information content (AvgIpc) is 3.53. The van der Waals surface area contributed by atoms with Crippen molar-refractivity contribution in [3.05, 3.63) is 56.7 Å². The van der Waals surface area contributed by atoms with Gasteiger partial charge in [-0.25, -0.2) is 4.79 Å². The second kappa shape index (κ2) is 9.74. The van der Waals surface area contributed by atoms with E-state index >= 15 is 0 Å². The lowest BCUT2D eigenvalue weighted by Crippen LogP contribution is -2.41. The molecule has 0 saturated carbocycles. The number of alkyl halides is 3. The number of fused-ring (bicyclic) bond motifs is 2. The number of anilines is 1. The molecule has 3 aromatic rings. The predicted molar refractivity (Wildman–Crippen MR) is 130 cm³/mol. The third kappa shape index (κ3) is 4.55. The molecule has 36 heavy (non-hydrogen) atoms. The summed E-state index contributed by atoms with van der Waals surface area (Å²) in [6.45, 7) is 1.04. The summed E-state index contributed by atoms with van der Waals surface area (Å²) >= 11 is 0. The van der Waals surface area contributed by atoms with Crippen molar-refractivity contribution in [2.24, 2.45) is 13.0 Å². The number of carbonyl (C=O) groups is 1. The molecule has 0 amide bonds. The highest BCUT2D eigenvalue weighted by molar-refractivity contribution is 5.95. The number of hydrogen-bond donors (Lipinski definition) is 1. The molecule has 2 unspecified atom stereocenters. The van der Waals surface area contributed by atoms with Gasteiger partial charge in [-0.2, -0.15) is 18.2 Å². The van der Waals surface area contributed by atoms with Crippen LogP contribution in [-0.2, 0) is 20.1 Å². The van der Waals surface area contributed by atoms with Gasteiger partial charge in [0.1, 0.15) is 0 Å². The van der Waals surface area contributed by atoms with Crippen LogP contribution in [0, 0.1) is 5.92 Å². The summed E-state index contributed by atoms with van der Waals surface area (Å²) in [6.07, 6.45) is -4.75. The third-order valence-corrected chi connectivity index (χ3v) is 6.93. The molecule has 9 nitrogen and oxygen atoms in total. The van der Waals surface area contributed by atoms with E-state index in [-0.39, 0.29) is 35.6 Å². The zero-order valence-electron chi connectivity index (χ0n) is 19.5. The normalized spacial score (nSPS) is 19.5. The van der Waals surface area contributed by atoms with Gasteiger partial charge < -0.3 is 14.8 Å². The van der Waals surface area contributed by atoms with Crippen LogP contribution < -0.4 is 21.5 Å². The first-order chi connectivity index (χ1) is 16.7. The van der Waals surface area contributed by atoms with E-state index in [4.69, 9.17) is 0 Å². The van der Waals surface area contributed by atoms with E-state index in [1.165, 1.54) is 11.6 Å². The van der Waals surface area contributed by atoms with Gasteiger partial charge in [-0.1, -0.05) is 30.3 Å². The molecule has 194 valence electrons. The minimum absolute atomic E-state index is 0. The molecule has 13 heteroatoms. The Bertz CT molecular complexity index is 1400. The van der Waals surface area contributed by atoms with Gasteiger partial charge >= 0.3 is 11.9 Å². The van der Waals surface area contributed by atoms with Gasteiger partial charge in [-0.15, -0.1) is 12.4 Å². The van der Waals surface area contributed by atoms with E-state index in [2.05, 4.69) is 10.3 Å². The third-order valence-electron chi connectivity index (χ3n) is 6.93. The Morgan fingerprint density at radius 3 is 2.56 bits per heavy atom. The number of nitrogens with zero attached hydrogens (tertiary/aromatic N) is 5. The fraction of sp³-hybridized carbons (Fsp3) is 0.478. The predicted octanol–water partition coefficient (Wildman–Crippen LogP) is 1.95. The van der Waals surface area contributed by atoms with Crippen LogP contribution in [0.3, 0.4) is 0 Å². The number of halogens is 4. The molecule has 2 atom stereocenters. The number of ketones is 1. The summed E-state index contributed by atoms with van der Waals surface area (Å²) in [5, 5.41) is 3.29. The largest absolute Gasteiger partial charge is 0.390 e. The molecule has 0 spiro atoms. The first-order valence-corrected chi connectivity index (χ1v) is 11.5. The number of imidazole rings is 1. The molecule has 5 rings (SSSR count). The minimum atomic E-state index is -4.45. The van der Waals surface area contributed by atoms with Gasteiger partial charge in [0.15, 0.2) is 16.9 Å². The van der Waals surface area contributed by atoms with E-state index in [1.807, 2.05) is 4.90 Å². The number of rotatable bonds is 6. The van der Waals surface area contributed by atoms with Crippen LogP contribution in [0.2, 0.25) is 0 Å². The zero-order chi connectivity index (χ0) is 24.9. The van der Waals surface area contributed by atoms with E-state index in [0.29, 0.717) is 24.6 Å². The molecule has 2 saturated heterocycles. The standard InChI is InChI=1S/C23H25F3N6O3.ClH/c1-29-19-18(20(34)32(22(29)35)13-17(33)14-5-3-2-4-6-14)31(10-8-23(24,25)26)21(28-19)30-9-7-15-11-27-12-16(15)30;/h2-6,15-16,27H,7-13H2,1H3;1H. The fourth-order valence-corrected chi connectivity index (χ4v) is 5.13. The maximum atomic E-state index is 13.5. The maximum absolute atomic E-state index is 13.5. The summed E-state index contributed by atoms with van der Waals surface area (Å²) in [4.78, 5) is 45.7. The molecule has 0 aliphatic carbocycles. The van der Waals surface area contributed by atoms with Crippen LogP contribution in [0.1, 0.15) is 23.2 Å². The molecule has 4 heterocycles. The molecule has 1 aromatic carbocycles. The number of aromatic nitrogens is 4. The van der Waals surface area contributed by atoms with E-state index in [0.717, 1.165) is 22.1 Å². The number of aryl methyl sites for hydroxylation is 2. The molecule has 1 N–H and O–H groups in total. The molecule has 2 aliphatic rings. The minimum Gasteiger partial charge on any atom is -0.338 e. The van der Waals surface area contributed by atoms with Gasteiger partial charge in [-0.05, 0) is 12.3 Å². The highest BCUT2D eigenvalue weighted by Gasteiger charge is 2.40. The quantitative estimate of drug-likeness (QED) is 0.494. The van der Waals surface area contributed by atoms with Gasteiger partial charge in [0.25, 0.3) is 5.56 Å². The summed E-state index contributed by atoms with van der Waals surface area (Å²) in [5.41, 5.74) is -1.35. The average molecular weight is 527 g/mol. The Hall–Kier alpha value is -3.12. The van der Waals surface area contributed by atoms with Crippen LogP contribution in [0.15, 0.2) is 39.9 Å². The zero-order valence-corrected chi connectivity index (χ0v) is 20.3. The lowest BCUT2D eigenvalue weighted by atomic mass is 10.1. The Morgan fingerprint density at radius 1 is 1.14 bits per heavy atom. The second-order valence-corrected chi connectivity index (χ2v) is 9.09. The molecule has 0 radical (unpaired) electrons. The van der Waals surface area contributed by atoms with Crippen LogP contribution in [0.5, 0.6) is 0 Å². The molecular weight excluding hydrogens is 501 g/mol. The number of Topliss-reactive ketones (excluding diaryl/α,β-unsaturated/α-hetero) is 1. The van der Waals surface area contributed by atoms with Crippen LogP contribution in [0.4, 0.5) is 19.1 Å². The van der Waals surface area contributed by atoms with Crippen molar-refractivity contribution in [3.8, 4) is 0 Å². The summed E-state index contributed by atoms with van der Waals surface area (Å²) in [5.74, 6) is 0.139.